The fraction of sp³-hybridized carbons (Fsp3) is 0.821. The number of rotatable bonds is 15. The lowest BCUT2D eigenvalue weighted by molar-refractivity contribution is -0.345. The van der Waals surface area contributed by atoms with Gasteiger partial charge in [-0.15, -0.1) is 0 Å². The molecule has 4 bridgehead atoms. The summed E-state index contributed by atoms with van der Waals surface area (Å²) in [4.78, 5) is 7.31. The van der Waals surface area contributed by atoms with Gasteiger partial charge in [0.15, 0.2) is 11.5 Å². The van der Waals surface area contributed by atoms with Crippen molar-refractivity contribution in [2.45, 2.75) is 115 Å². The van der Waals surface area contributed by atoms with Gasteiger partial charge in [0, 0.05) is 43.2 Å². The first-order valence-electron chi connectivity index (χ1n) is 18.9. The van der Waals surface area contributed by atoms with E-state index in [0.29, 0.717) is 58.0 Å². The molecule has 5 fully saturated rings. The van der Waals surface area contributed by atoms with Crippen LogP contribution in [0.15, 0.2) is 17.1 Å². The van der Waals surface area contributed by atoms with E-state index in [1.165, 1.54) is 30.5 Å². The normalized spacial score (nSPS) is 36.0. The van der Waals surface area contributed by atoms with Crippen molar-refractivity contribution in [1.29, 1.82) is 0 Å². The number of nitrogens with zero attached hydrogens (tertiary/aromatic N) is 2. The van der Waals surface area contributed by atoms with Gasteiger partial charge in [-0.1, -0.05) is 26.8 Å². The maximum Gasteiger partial charge on any atom is 0.287 e. The third-order valence-corrected chi connectivity index (χ3v) is 14.2. The van der Waals surface area contributed by atoms with Crippen LogP contribution >= 0.6 is 0 Å². The summed E-state index contributed by atoms with van der Waals surface area (Å²) in [6.45, 7) is 18.7. The quantitative estimate of drug-likeness (QED) is 0.152. The average molecular weight is 684 g/mol. The Morgan fingerprint density at radius 1 is 1.04 bits per heavy atom. The van der Waals surface area contributed by atoms with Crippen molar-refractivity contribution in [2.75, 3.05) is 66.4 Å². The molecule has 7 aliphatic rings. The molecule has 0 aromatic heterocycles. The van der Waals surface area contributed by atoms with E-state index in [1.807, 2.05) is 27.0 Å². The smallest absolute Gasteiger partial charge is 0.287 e. The summed E-state index contributed by atoms with van der Waals surface area (Å²) in [5, 5.41) is 12.6. The van der Waals surface area contributed by atoms with Crippen molar-refractivity contribution in [2.24, 2.45) is 33.4 Å². The minimum Gasteiger partial charge on any atom is -0.479 e. The van der Waals surface area contributed by atoms with Gasteiger partial charge >= 0.3 is 0 Å². The van der Waals surface area contributed by atoms with E-state index in [4.69, 9.17) is 34.2 Å². The lowest BCUT2D eigenvalue weighted by Crippen LogP contribution is -2.87. The van der Waals surface area contributed by atoms with Crippen molar-refractivity contribution in [3.63, 3.8) is 0 Å². The van der Waals surface area contributed by atoms with Gasteiger partial charge in [0.05, 0.1) is 50.6 Å². The highest BCUT2D eigenvalue weighted by Gasteiger charge is 2.87. The summed E-state index contributed by atoms with van der Waals surface area (Å²) in [7, 11) is 1.85. The Kier molecular flexibility index (Phi) is 9.13. The van der Waals surface area contributed by atoms with E-state index in [0.717, 1.165) is 50.3 Å². The number of benzene rings is 1. The summed E-state index contributed by atoms with van der Waals surface area (Å²) in [5.74, 6) is 2.10. The maximum atomic E-state index is 12.6. The van der Waals surface area contributed by atoms with Gasteiger partial charge in [-0.2, -0.15) is 0 Å². The molecule has 3 N–H and O–H groups in total. The molecule has 2 aliphatic heterocycles. The molecule has 5 aliphatic carbocycles. The molecule has 1 saturated heterocycles. The number of likely N-dealkylation sites (tertiary alicyclic amines) is 1. The molecule has 1 aromatic carbocycles. The number of hydrogen-bond donors (Lipinski definition) is 2. The Hall–Kier alpha value is -1.95. The predicted molar refractivity (Wildman–Crippen MR) is 188 cm³/mol. The standard InChI is InChI=1S/C39H61N3O7/c1-8-45-19-20-47-22-21-46-18-16-41-33(40)48-28-12-11-27-23-30-37-13-14-39(44-7,29(24-37)35(5,43)34(2,3)4)36(6)38(37,31(27)32(28)49-36)15-17-42(30)25-26-9-10-26/h11-12,26,29-30,43H,8-10,13-25H2,1-7H3,(H2,40,41). The van der Waals surface area contributed by atoms with Crippen LogP contribution in [0.1, 0.15) is 91.2 Å². The highest BCUT2D eigenvalue weighted by atomic mass is 16.6. The van der Waals surface area contributed by atoms with E-state index in [9.17, 15) is 5.11 Å². The zero-order valence-corrected chi connectivity index (χ0v) is 31.1. The Bertz CT molecular complexity index is 1420. The first-order chi connectivity index (χ1) is 23.3. The van der Waals surface area contributed by atoms with E-state index in [1.54, 1.807) is 0 Å². The summed E-state index contributed by atoms with van der Waals surface area (Å²) in [6, 6.07) is 4.75. The van der Waals surface area contributed by atoms with Crippen LogP contribution in [-0.4, -0.2) is 105 Å². The van der Waals surface area contributed by atoms with Gasteiger partial charge in [0.1, 0.15) is 11.2 Å². The van der Waals surface area contributed by atoms with Crippen LogP contribution in [0.2, 0.25) is 0 Å². The number of methoxy groups -OCH3 is 1. The highest BCUT2D eigenvalue weighted by molar-refractivity contribution is 5.76. The Balaban J connectivity index is 1.20. The van der Waals surface area contributed by atoms with Crippen LogP contribution in [0.3, 0.4) is 0 Å². The number of hydrogen-bond acceptors (Lipinski definition) is 9. The monoisotopic (exact) mass is 683 g/mol. The van der Waals surface area contributed by atoms with Crippen LogP contribution < -0.4 is 15.2 Å². The van der Waals surface area contributed by atoms with Crippen molar-refractivity contribution in [3.8, 4) is 11.5 Å². The van der Waals surface area contributed by atoms with Crippen LogP contribution in [0.25, 0.3) is 0 Å². The first kappa shape index (κ1) is 35.5. The summed E-state index contributed by atoms with van der Waals surface area (Å²) in [5.41, 5.74) is 5.98. The van der Waals surface area contributed by atoms with Gasteiger partial charge in [0.2, 0.25) is 0 Å². The van der Waals surface area contributed by atoms with Gasteiger partial charge in [-0.3, -0.25) is 4.90 Å². The largest absolute Gasteiger partial charge is 0.479 e. The molecule has 7 unspecified atom stereocenters. The molecular weight excluding hydrogens is 622 g/mol. The van der Waals surface area contributed by atoms with Crippen LogP contribution in [0.4, 0.5) is 0 Å². The van der Waals surface area contributed by atoms with Gasteiger partial charge in [0.25, 0.3) is 6.02 Å². The third-order valence-electron chi connectivity index (χ3n) is 14.2. The van der Waals surface area contributed by atoms with Gasteiger partial charge in [-0.25, -0.2) is 4.99 Å². The fourth-order valence-corrected chi connectivity index (χ4v) is 11.3. The van der Waals surface area contributed by atoms with Crippen LogP contribution in [0, 0.1) is 22.7 Å². The maximum absolute atomic E-state index is 12.6. The molecule has 0 radical (unpaired) electrons. The second-order valence-corrected chi connectivity index (χ2v) is 17.0. The number of ether oxygens (including phenoxy) is 6. The van der Waals surface area contributed by atoms with Crippen molar-refractivity contribution >= 4 is 6.02 Å². The topological polar surface area (TPSA) is 117 Å². The molecule has 274 valence electrons. The van der Waals surface area contributed by atoms with Crippen LogP contribution in [0.5, 0.6) is 11.5 Å². The number of nitrogens with two attached hydrogens (primary N) is 1. The number of aliphatic imine (C=N–C) groups is 1. The minimum atomic E-state index is -0.983. The molecule has 0 amide bonds. The van der Waals surface area contributed by atoms with Crippen molar-refractivity contribution in [1.82, 2.24) is 4.90 Å². The minimum absolute atomic E-state index is 0.0599. The zero-order valence-electron chi connectivity index (χ0n) is 31.1. The van der Waals surface area contributed by atoms with Crippen molar-refractivity contribution in [3.05, 3.63) is 23.3 Å². The molecule has 2 heterocycles. The second kappa shape index (κ2) is 12.6. The molecule has 49 heavy (non-hydrogen) atoms. The van der Waals surface area contributed by atoms with Gasteiger partial charge < -0.3 is 39.3 Å². The summed E-state index contributed by atoms with van der Waals surface area (Å²) in [6.07, 6.45) is 7.51. The Labute approximate surface area is 293 Å². The van der Waals surface area contributed by atoms with Crippen LogP contribution in [-0.2, 0) is 30.8 Å². The Morgan fingerprint density at radius 3 is 2.43 bits per heavy atom. The highest BCUT2D eigenvalue weighted by Crippen LogP contribution is 2.81. The Morgan fingerprint density at radius 2 is 1.76 bits per heavy atom. The van der Waals surface area contributed by atoms with E-state index >= 15 is 0 Å². The number of piperidine rings is 1. The molecular formula is C39H61N3O7. The molecule has 10 nitrogen and oxygen atoms in total. The zero-order chi connectivity index (χ0) is 34.9. The molecule has 7 atom stereocenters. The van der Waals surface area contributed by atoms with E-state index in [-0.39, 0.29) is 28.2 Å². The average Bonchev–Trinajstić information content (AvgIpc) is 3.82. The molecule has 1 aromatic rings. The summed E-state index contributed by atoms with van der Waals surface area (Å²) < 4.78 is 37.1. The van der Waals surface area contributed by atoms with Gasteiger partial charge in [-0.05, 0) is 95.2 Å². The molecule has 10 heteroatoms. The van der Waals surface area contributed by atoms with E-state index < -0.39 is 16.8 Å². The third kappa shape index (κ3) is 5.12. The SMILES string of the molecule is CCOCCOCCOCCN=C(N)Oc1ccc2c3c1OC1(C)C4(OC)CCC5(CC4C(C)(O)C(C)(C)C)C(C2)N(CC2CC2)CCC351. The lowest BCUT2D eigenvalue weighted by Gasteiger charge is -2.78. The number of amidine groups is 1. The van der Waals surface area contributed by atoms with E-state index in [2.05, 4.69) is 43.7 Å². The fourth-order valence-electron chi connectivity index (χ4n) is 11.3. The molecule has 4 saturated carbocycles. The predicted octanol–water partition coefficient (Wildman–Crippen LogP) is 4.86. The number of aliphatic hydroxyl groups is 1. The molecule has 8 rings (SSSR count). The molecule has 2 spiro atoms. The number of fused-ring (bicyclic) bond motifs is 2. The van der Waals surface area contributed by atoms with Crippen molar-refractivity contribution < 1.29 is 33.5 Å². The lowest BCUT2D eigenvalue weighted by atomic mass is 9.30. The first-order valence-corrected chi connectivity index (χ1v) is 18.9. The second-order valence-electron chi connectivity index (χ2n) is 17.0. The summed E-state index contributed by atoms with van der Waals surface area (Å²) >= 11 is 0.